The largest absolute Gasteiger partial charge is 0.466 e. The van der Waals surface area contributed by atoms with E-state index in [1.165, 1.54) is 12.8 Å². The molecule has 0 unspecified atom stereocenters. The summed E-state index contributed by atoms with van der Waals surface area (Å²) in [6.07, 6.45) is 3.75. The zero-order chi connectivity index (χ0) is 11.4. The summed E-state index contributed by atoms with van der Waals surface area (Å²) in [5, 5.41) is 3.52. The predicted octanol–water partition coefficient (Wildman–Crippen LogP) is 1.81. The van der Waals surface area contributed by atoms with Crippen LogP contribution in [0, 0.1) is 6.92 Å². The molecule has 3 nitrogen and oxygen atoms in total. The SMILES string of the molecule is Cc1ccc(CCN(C)CCNC2CC2)o1. The van der Waals surface area contributed by atoms with Gasteiger partial charge in [0.2, 0.25) is 0 Å². The van der Waals surface area contributed by atoms with Gasteiger partial charge in [-0.15, -0.1) is 0 Å². The van der Waals surface area contributed by atoms with E-state index in [0.717, 1.165) is 43.6 Å². The molecule has 1 fully saturated rings. The van der Waals surface area contributed by atoms with Crippen LogP contribution in [0.15, 0.2) is 16.5 Å². The molecule has 16 heavy (non-hydrogen) atoms. The van der Waals surface area contributed by atoms with Crippen molar-refractivity contribution in [1.29, 1.82) is 0 Å². The van der Waals surface area contributed by atoms with Gasteiger partial charge in [0.15, 0.2) is 0 Å². The molecule has 0 radical (unpaired) electrons. The van der Waals surface area contributed by atoms with Crippen LogP contribution < -0.4 is 5.32 Å². The Morgan fingerprint density at radius 2 is 2.19 bits per heavy atom. The van der Waals surface area contributed by atoms with Crippen molar-refractivity contribution in [3.63, 3.8) is 0 Å². The van der Waals surface area contributed by atoms with Gasteiger partial charge in [0.1, 0.15) is 11.5 Å². The average molecular weight is 222 g/mol. The van der Waals surface area contributed by atoms with E-state index in [2.05, 4.69) is 23.3 Å². The number of furan rings is 1. The van der Waals surface area contributed by atoms with Crippen molar-refractivity contribution in [2.75, 3.05) is 26.7 Å². The van der Waals surface area contributed by atoms with Crippen molar-refractivity contribution in [2.45, 2.75) is 32.2 Å². The summed E-state index contributed by atoms with van der Waals surface area (Å²) in [5.41, 5.74) is 0. The minimum absolute atomic E-state index is 0.820. The summed E-state index contributed by atoms with van der Waals surface area (Å²) in [6.45, 7) is 5.29. The molecule has 1 aromatic rings. The summed E-state index contributed by atoms with van der Waals surface area (Å²) < 4.78 is 5.54. The zero-order valence-electron chi connectivity index (χ0n) is 10.3. The van der Waals surface area contributed by atoms with Gasteiger partial charge in [-0.05, 0) is 38.9 Å². The van der Waals surface area contributed by atoms with E-state index in [4.69, 9.17) is 4.42 Å². The predicted molar refractivity (Wildman–Crippen MR) is 65.7 cm³/mol. The third-order valence-corrected chi connectivity index (χ3v) is 3.04. The lowest BCUT2D eigenvalue weighted by molar-refractivity contribution is 0.323. The van der Waals surface area contributed by atoms with Crippen molar-refractivity contribution < 1.29 is 4.42 Å². The van der Waals surface area contributed by atoms with Crippen molar-refractivity contribution in [1.82, 2.24) is 10.2 Å². The summed E-state index contributed by atoms with van der Waals surface area (Å²) in [4.78, 5) is 2.35. The van der Waals surface area contributed by atoms with Gasteiger partial charge in [-0.1, -0.05) is 0 Å². The molecular formula is C13H22N2O. The second-order valence-corrected chi connectivity index (χ2v) is 4.79. The van der Waals surface area contributed by atoms with Gasteiger partial charge in [0.05, 0.1) is 0 Å². The summed E-state index contributed by atoms with van der Waals surface area (Å²) in [6, 6.07) is 4.93. The third kappa shape index (κ3) is 3.99. The first-order chi connectivity index (χ1) is 7.74. The first kappa shape index (κ1) is 11.7. The van der Waals surface area contributed by atoms with Gasteiger partial charge in [0, 0.05) is 32.1 Å². The molecule has 0 atom stereocenters. The number of nitrogens with zero attached hydrogens (tertiary/aromatic N) is 1. The minimum Gasteiger partial charge on any atom is -0.466 e. The Morgan fingerprint density at radius 3 is 2.81 bits per heavy atom. The van der Waals surface area contributed by atoms with Gasteiger partial charge in [-0.3, -0.25) is 0 Å². The molecule has 0 aromatic carbocycles. The fourth-order valence-electron chi connectivity index (χ4n) is 1.78. The van der Waals surface area contributed by atoms with Crippen LogP contribution in [0.5, 0.6) is 0 Å². The lowest BCUT2D eigenvalue weighted by Gasteiger charge is -2.15. The van der Waals surface area contributed by atoms with Gasteiger partial charge >= 0.3 is 0 Å². The van der Waals surface area contributed by atoms with Crippen LogP contribution in [0.2, 0.25) is 0 Å². The van der Waals surface area contributed by atoms with Crippen LogP contribution in [0.4, 0.5) is 0 Å². The maximum absolute atomic E-state index is 5.54. The van der Waals surface area contributed by atoms with E-state index in [-0.39, 0.29) is 0 Å². The lowest BCUT2D eigenvalue weighted by Crippen LogP contribution is -2.31. The van der Waals surface area contributed by atoms with Crippen molar-refractivity contribution in [2.24, 2.45) is 0 Å². The molecule has 1 aliphatic rings. The summed E-state index contributed by atoms with van der Waals surface area (Å²) in [5.74, 6) is 2.10. The normalized spacial score (nSPS) is 15.9. The second-order valence-electron chi connectivity index (χ2n) is 4.79. The van der Waals surface area contributed by atoms with E-state index in [1.54, 1.807) is 0 Å². The fraction of sp³-hybridized carbons (Fsp3) is 0.692. The van der Waals surface area contributed by atoms with Crippen LogP contribution in [0.1, 0.15) is 24.4 Å². The van der Waals surface area contributed by atoms with Gasteiger partial charge in [0.25, 0.3) is 0 Å². The van der Waals surface area contributed by atoms with E-state index >= 15 is 0 Å². The Bertz CT molecular complexity index is 317. The second kappa shape index (κ2) is 5.51. The molecule has 2 rings (SSSR count). The third-order valence-electron chi connectivity index (χ3n) is 3.04. The van der Waals surface area contributed by atoms with Gasteiger partial charge < -0.3 is 14.6 Å². The van der Waals surface area contributed by atoms with E-state index in [9.17, 15) is 0 Å². The molecule has 1 N–H and O–H groups in total. The lowest BCUT2D eigenvalue weighted by atomic mass is 10.3. The average Bonchev–Trinajstić information content (AvgIpc) is 2.98. The number of hydrogen-bond acceptors (Lipinski definition) is 3. The highest BCUT2D eigenvalue weighted by atomic mass is 16.3. The number of likely N-dealkylation sites (N-methyl/N-ethyl adjacent to an activating group) is 1. The Balaban J connectivity index is 1.57. The van der Waals surface area contributed by atoms with E-state index in [1.807, 2.05) is 13.0 Å². The molecule has 0 aliphatic heterocycles. The van der Waals surface area contributed by atoms with Crippen molar-refractivity contribution in [3.8, 4) is 0 Å². The monoisotopic (exact) mass is 222 g/mol. The number of aryl methyl sites for hydroxylation is 1. The highest BCUT2D eigenvalue weighted by Gasteiger charge is 2.19. The molecule has 1 heterocycles. The molecule has 3 heteroatoms. The molecule has 0 amide bonds. The Hall–Kier alpha value is -0.800. The number of hydrogen-bond donors (Lipinski definition) is 1. The molecule has 0 saturated heterocycles. The Morgan fingerprint density at radius 1 is 1.38 bits per heavy atom. The zero-order valence-corrected chi connectivity index (χ0v) is 10.3. The fourth-order valence-corrected chi connectivity index (χ4v) is 1.78. The number of nitrogens with one attached hydrogen (secondary N) is 1. The minimum atomic E-state index is 0.820. The smallest absolute Gasteiger partial charge is 0.105 e. The highest BCUT2D eigenvalue weighted by Crippen LogP contribution is 2.17. The Labute approximate surface area is 97.8 Å². The summed E-state index contributed by atoms with van der Waals surface area (Å²) in [7, 11) is 2.17. The van der Waals surface area contributed by atoms with Gasteiger partial charge in [-0.2, -0.15) is 0 Å². The van der Waals surface area contributed by atoms with Crippen LogP contribution in [-0.2, 0) is 6.42 Å². The van der Waals surface area contributed by atoms with E-state index < -0.39 is 0 Å². The Kier molecular flexibility index (Phi) is 4.02. The molecule has 90 valence electrons. The molecular weight excluding hydrogens is 200 g/mol. The van der Waals surface area contributed by atoms with Gasteiger partial charge in [-0.25, -0.2) is 0 Å². The molecule has 1 aliphatic carbocycles. The highest BCUT2D eigenvalue weighted by molar-refractivity contribution is 5.05. The van der Waals surface area contributed by atoms with Crippen LogP contribution >= 0.6 is 0 Å². The van der Waals surface area contributed by atoms with Crippen LogP contribution in [0.3, 0.4) is 0 Å². The quantitative estimate of drug-likeness (QED) is 0.762. The molecule has 1 saturated carbocycles. The standard InChI is InChI=1S/C13H22N2O/c1-11-3-6-13(16-11)7-9-15(2)10-8-14-12-4-5-12/h3,6,12,14H,4-5,7-10H2,1-2H3. The van der Waals surface area contributed by atoms with Crippen molar-refractivity contribution >= 4 is 0 Å². The summed E-state index contributed by atoms with van der Waals surface area (Å²) >= 11 is 0. The van der Waals surface area contributed by atoms with Crippen molar-refractivity contribution in [3.05, 3.63) is 23.7 Å². The van der Waals surface area contributed by atoms with Crippen LogP contribution in [-0.4, -0.2) is 37.6 Å². The maximum Gasteiger partial charge on any atom is 0.105 e. The van der Waals surface area contributed by atoms with E-state index in [0.29, 0.717) is 0 Å². The molecule has 0 bridgehead atoms. The number of rotatable bonds is 7. The van der Waals surface area contributed by atoms with Crippen LogP contribution in [0.25, 0.3) is 0 Å². The molecule has 1 aromatic heterocycles. The molecule has 0 spiro atoms. The first-order valence-electron chi connectivity index (χ1n) is 6.21. The maximum atomic E-state index is 5.54. The topological polar surface area (TPSA) is 28.4 Å². The first-order valence-corrected chi connectivity index (χ1v) is 6.21.